The van der Waals surface area contributed by atoms with E-state index in [1.807, 2.05) is 18.2 Å². The fourth-order valence-electron chi connectivity index (χ4n) is 3.12. The van der Waals surface area contributed by atoms with Crippen LogP contribution in [-0.4, -0.2) is 27.6 Å². The van der Waals surface area contributed by atoms with Crippen molar-refractivity contribution in [1.29, 1.82) is 5.26 Å². The summed E-state index contributed by atoms with van der Waals surface area (Å²) in [5.74, 6) is -0.471. The number of carbonyl (C=O) groups is 1. The highest BCUT2D eigenvalue weighted by Gasteiger charge is 2.20. The maximum atomic E-state index is 12.3. The molecule has 7 heteroatoms. The molecule has 0 fully saturated rings. The van der Waals surface area contributed by atoms with Crippen molar-refractivity contribution >= 4 is 28.6 Å². The molecule has 4 aromatic rings. The van der Waals surface area contributed by atoms with Gasteiger partial charge in [0.15, 0.2) is 0 Å². The predicted molar refractivity (Wildman–Crippen MR) is 105 cm³/mol. The molecule has 0 aliphatic heterocycles. The normalized spacial score (nSPS) is 10.6. The van der Waals surface area contributed by atoms with Gasteiger partial charge < -0.3 is 9.30 Å². The van der Waals surface area contributed by atoms with Crippen molar-refractivity contribution < 1.29 is 9.53 Å². The molecule has 2 aromatic carbocycles. The van der Waals surface area contributed by atoms with Gasteiger partial charge in [-0.2, -0.15) is 5.26 Å². The molecule has 0 saturated heterocycles. The van der Waals surface area contributed by atoms with Crippen LogP contribution in [0.15, 0.2) is 61.1 Å². The number of hydrogen-bond acceptors (Lipinski definition) is 5. The van der Waals surface area contributed by atoms with E-state index in [1.54, 1.807) is 41.1 Å². The summed E-state index contributed by atoms with van der Waals surface area (Å²) in [5.41, 5.74) is 3.90. The molecule has 6 nitrogen and oxygen atoms in total. The van der Waals surface area contributed by atoms with Gasteiger partial charge in [0, 0.05) is 16.8 Å². The lowest BCUT2D eigenvalue weighted by molar-refractivity contribution is 0.0601. The minimum absolute atomic E-state index is 0.372. The lowest BCUT2D eigenvalue weighted by atomic mass is 10.1. The maximum Gasteiger partial charge on any atom is 0.339 e. The van der Waals surface area contributed by atoms with Gasteiger partial charge in [0.25, 0.3) is 0 Å². The third-order valence-electron chi connectivity index (χ3n) is 4.38. The molecule has 0 spiro atoms. The number of rotatable bonds is 3. The first-order valence-corrected chi connectivity index (χ1v) is 8.71. The third kappa shape index (κ3) is 2.88. The topological polar surface area (TPSA) is 80.8 Å². The number of aromatic nitrogens is 3. The smallest absolute Gasteiger partial charge is 0.339 e. The second-order valence-electron chi connectivity index (χ2n) is 5.96. The molecule has 0 atom stereocenters. The van der Waals surface area contributed by atoms with Crippen molar-refractivity contribution in [2.45, 2.75) is 0 Å². The zero-order valence-electron chi connectivity index (χ0n) is 14.8. The summed E-state index contributed by atoms with van der Waals surface area (Å²) in [6.07, 6.45) is 3.07. The highest BCUT2D eigenvalue weighted by Crippen LogP contribution is 2.32. The Morgan fingerprint density at radius 1 is 1.14 bits per heavy atom. The minimum atomic E-state index is -0.471. The molecule has 0 amide bonds. The Balaban J connectivity index is 2.07. The van der Waals surface area contributed by atoms with E-state index in [2.05, 4.69) is 16.0 Å². The van der Waals surface area contributed by atoms with Crippen LogP contribution in [0.1, 0.15) is 15.9 Å². The summed E-state index contributed by atoms with van der Waals surface area (Å²) in [7, 11) is 1.33. The summed E-state index contributed by atoms with van der Waals surface area (Å²) >= 11 is 6.01. The highest BCUT2D eigenvalue weighted by molar-refractivity contribution is 6.30. The first-order valence-electron chi connectivity index (χ1n) is 8.34. The number of ether oxygens (including phenoxy) is 1. The van der Waals surface area contributed by atoms with Gasteiger partial charge in [0.2, 0.25) is 0 Å². The average Bonchev–Trinajstić information content (AvgIpc) is 3.12. The molecule has 0 saturated carbocycles. The van der Waals surface area contributed by atoms with Crippen LogP contribution in [0, 0.1) is 11.3 Å². The van der Waals surface area contributed by atoms with Crippen LogP contribution in [0.2, 0.25) is 5.02 Å². The average molecular weight is 389 g/mol. The number of nitriles is 1. The summed E-state index contributed by atoms with van der Waals surface area (Å²) in [4.78, 5) is 21.0. The van der Waals surface area contributed by atoms with E-state index in [4.69, 9.17) is 16.3 Å². The fourth-order valence-corrected chi connectivity index (χ4v) is 3.24. The van der Waals surface area contributed by atoms with Gasteiger partial charge in [-0.05, 0) is 24.3 Å². The Kier molecular flexibility index (Phi) is 4.52. The Hall–Kier alpha value is -3.69. The van der Waals surface area contributed by atoms with Gasteiger partial charge >= 0.3 is 5.97 Å². The molecule has 2 aromatic heterocycles. The van der Waals surface area contributed by atoms with Gasteiger partial charge in [0.1, 0.15) is 17.9 Å². The van der Waals surface area contributed by atoms with E-state index >= 15 is 0 Å². The van der Waals surface area contributed by atoms with Gasteiger partial charge in [-0.3, -0.25) is 0 Å². The molecule has 0 N–H and O–H groups in total. The Labute approximate surface area is 165 Å². The molecule has 0 aliphatic rings. The number of esters is 1. The molecule has 4 rings (SSSR count). The lowest BCUT2D eigenvalue weighted by Crippen LogP contribution is -2.07. The monoisotopic (exact) mass is 388 g/mol. The van der Waals surface area contributed by atoms with E-state index in [0.717, 1.165) is 5.56 Å². The second-order valence-corrected chi connectivity index (χ2v) is 6.40. The van der Waals surface area contributed by atoms with Crippen LogP contribution in [0.3, 0.4) is 0 Å². The van der Waals surface area contributed by atoms with Gasteiger partial charge in [-0.15, -0.1) is 0 Å². The van der Waals surface area contributed by atoms with Crippen LogP contribution >= 0.6 is 11.6 Å². The van der Waals surface area contributed by atoms with Crippen molar-refractivity contribution in [2.75, 3.05) is 7.11 Å². The number of fused-ring (bicyclic) bond motifs is 1. The molecule has 0 aliphatic carbocycles. The van der Waals surface area contributed by atoms with E-state index in [0.29, 0.717) is 38.6 Å². The van der Waals surface area contributed by atoms with Crippen LogP contribution < -0.4 is 0 Å². The van der Waals surface area contributed by atoms with Gasteiger partial charge in [-0.1, -0.05) is 35.9 Å². The lowest BCUT2D eigenvalue weighted by Gasteiger charge is -2.12. The fraction of sp³-hybridized carbons (Fsp3) is 0.0476. The SMILES string of the molecule is COC(=O)c1ccccc1-n1cc(C#N)c2ncnc(-c3ccc(Cl)cc3)c21. The third-order valence-corrected chi connectivity index (χ3v) is 4.64. The summed E-state index contributed by atoms with van der Waals surface area (Å²) in [5, 5.41) is 10.2. The van der Waals surface area contributed by atoms with E-state index in [9.17, 15) is 10.1 Å². The van der Waals surface area contributed by atoms with Crippen molar-refractivity contribution in [3.63, 3.8) is 0 Å². The molecule has 136 valence electrons. The number of benzene rings is 2. The van der Waals surface area contributed by atoms with E-state index in [1.165, 1.54) is 13.4 Å². The summed E-state index contributed by atoms with van der Waals surface area (Å²) in [6.45, 7) is 0. The predicted octanol–water partition coefficient (Wildman–Crippen LogP) is 4.40. The van der Waals surface area contributed by atoms with E-state index < -0.39 is 5.97 Å². The highest BCUT2D eigenvalue weighted by atomic mass is 35.5. The first-order chi connectivity index (χ1) is 13.6. The molecule has 0 radical (unpaired) electrons. The largest absolute Gasteiger partial charge is 0.465 e. The standard InChI is InChI=1S/C21H13ClN4O2/c1-28-21(27)16-4-2-3-5-17(16)26-11-14(10-23)19-20(26)18(24-12-25-19)13-6-8-15(22)9-7-13/h2-9,11-12H,1H3. The molecule has 2 heterocycles. The number of halogens is 1. The Morgan fingerprint density at radius 3 is 2.61 bits per heavy atom. The van der Waals surface area contributed by atoms with Crippen LogP contribution in [0.25, 0.3) is 28.0 Å². The van der Waals surface area contributed by atoms with Crippen LogP contribution in [-0.2, 0) is 4.74 Å². The summed E-state index contributed by atoms with van der Waals surface area (Å²) < 4.78 is 6.66. The van der Waals surface area contributed by atoms with Gasteiger partial charge in [0.05, 0.1) is 35.1 Å². The number of carbonyl (C=O) groups excluding carboxylic acids is 1. The molecule has 28 heavy (non-hydrogen) atoms. The minimum Gasteiger partial charge on any atom is -0.465 e. The molecular formula is C21H13ClN4O2. The Morgan fingerprint density at radius 2 is 1.89 bits per heavy atom. The first kappa shape index (κ1) is 17.7. The zero-order chi connectivity index (χ0) is 19.7. The van der Waals surface area contributed by atoms with Crippen molar-refractivity contribution in [3.05, 3.63) is 77.2 Å². The van der Waals surface area contributed by atoms with Crippen molar-refractivity contribution in [1.82, 2.24) is 14.5 Å². The van der Waals surface area contributed by atoms with Gasteiger partial charge in [-0.25, -0.2) is 14.8 Å². The van der Waals surface area contributed by atoms with Crippen molar-refractivity contribution in [2.24, 2.45) is 0 Å². The number of methoxy groups -OCH3 is 1. The number of nitrogens with zero attached hydrogens (tertiary/aromatic N) is 4. The maximum absolute atomic E-state index is 12.3. The van der Waals surface area contributed by atoms with E-state index in [-0.39, 0.29) is 0 Å². The number of para-hydroxylation sites is 1. The molecular weight excluding hydrogens is 376 g/mol. The Bertz CT molecular complexity index is 1240. The van der Waals surface area contributed by atoms with Crippen molar-refractivity contribution in [3.8, 4) is 23.0 Å². The second kappa shape index (κ2) is 7.14. The van der Waals surface area contributed by atoms with Crippen LogP contribution in [0.5, 0.6) is 0 Å². The van der Waals surface area contributed by atoms with Crippen LogP contribution in [0.4, 0.5) is 0 Å². The summed E-state index contributed by atoms with van der Waals surface area (Å²) in [6, 6.07) is 16.4. The number of hydrogen-bond donors (Lipinski definition) is 0. The quantitative estimate of drug-likeness (QED) is 0.486. The molecule has 0 bridgehead atoms. The zero-order valence-corrected chi connectivity index (χ0v) is 15.5. The molecule has 0 unspecified atom stereocenters.